The van der Waals surface area contributed by atoms with Crippen molar-refractivity contribution >= 4 is 23.4 Å². The van der Waals surface area contributed by atoms with Gasteiger partial charge in [0, 0.05) is 5.69 Å². The minimum absolute atomic E-state index is 0.0492. The fourth-order valence-electron chi connectivity index (χ4n) is 2.15. The monoisotopic (exact) mass is 325 g/mol. The molecule has 0 saturated heterocycles. The van der Waals surface area contributed by atoms with Crippen LogP contribution >= 0.6 is 11.8 Å². The molecule has 0 spiro atoms. The van der Waals surface area contributed by atoms with E-state index in [1.807, 2.05) is 66.2 Å². The summed E-state index contributed by atoms with van der Waals surface area (Å²) >= 11 is 1.39. The van der Waals surface area contributed by atoms with Crippen LogP contribution in [0.25, 0.3) is 5.69 Å². The van der Waals surface area contributed by atoms with Gasteiger partial charge in [0.05, 0.1) is 5.75 Å². The van der Waals surface area contributed by atoms with Gasteiger partial charge in [-0.25, -0.2) is 0 Å². The summed E-state index contributed by atoms with van der Waals surface area (Å²) in [5, 5.41) is 6.73. The van der Waals surface area contributed by atoms with Gasteiger partial charge in [0.15, 0.2) is 5.69 Å². The summed E-state index contributed by atoms with van der Waals surface area (Å²) in [4.78, 5) is 16.4. The molecule has 0 aliphatic carbocycles. The van der Waals surface area contributed by atoms with E-state index in [2.05, 4.69) is 15.4 Å². The van der Waals surface area contributed by atoms with Gasteiger partial charge < -0.3 is 5.32 Å². The van der Waals surface area contributed by atoms with Crippen molar-refractivity contribution in [3.63, 3.8) is 0 Å². The Hall–Kier alpha value is -2.60. The Morgan fingerprint density at radius 2 is 1.91 bits per heavy atom. The van der Waals surface area contributed by atoms with Gasteiger partial charge in [0.25, 0.3) is 0 Å². The number of nitrogens with zero attached hydrogens (tertiary/aromatic N) is 2. The lowest BCUT2D eigenvalue weighted by molar-refractivity contribution is -0.694. The van der Waals surface area contributed by atoms with Crippen molar-refractivity contribution in [1.82, 2.24) is 10.1 Å². The quantitative estimate of drug-likeness (QED) is 0.560. The molecule has 3 rings (SSSR count). The fraction of sp³-hybridized carbons (Fsp3) is 0.118. The van der Waals surface area contributed by atoms with Gasteiger partial charge in [-0.3, -0.25) is 4.79 Å². The first-order valence-corrected chi connectivity index (χ1v) is 8.22. The molecule has 3 aromatic rings. The molecule has 0 unspecified atom stereocenters. The number of thioether (sulfide) groups is 1. The van der Waals surface area contributed by atoms with Crippen molar-refractivity contribution in [2.45, 2.75) is 12.1 Å². The van der Waals surface area contributed by atoms with Crippen molar-refractivity contribution < 1.29 is 9.48 Å². The molecule has 5 nitrogen and oxygen atoms in total. The minimum Gasteiger partial charge on any atom is -0.325 e. The maximum atomic E-state index is 12.1. The van der Waals surface area contributed by atoms with E-state index in [9.17, 15) is 4.79 Å². The maximum absolute atomic E-state index is 12.1. The average Bonchev–Trinajstić information content (AvgIpc) is 3.04. The first kappa shape index (κ1) is 15.3. The van der Waals surface area contributed by atoms with Gasteiger partial charge in [0.1, 0.15) is 0 Å². The third kappa shape index (κ3) is 3.78. The molecular formula is C17H17N4OS+. The Morgan fingerprint density at radius 1 is 1.17 bits per heavy atom. The second-order valence-corrected chi connectivity index (χ2v) is 5.94. The predicted octanol–water partition coefficient (Wildman–Crippen LogP) is 2.73. The standard InChI is InChI=1S/C17H16N4OS/c1-13-7-5-6-10-15(13)20-16(22)11-23-17-18-12-19-21(17)14-8-3-2-4-9-14/h2-10,12H,11H2,1H3,(H,20,22)/p+1. The molecule has 0 atom stereocenters. The predicted molar refractivity (Wildman–Crippen MR) is 90.7 cm³/mol. The van der Waals surface area contributed by atoms with E-state index in [4.69, 9.17) is 0 Å². The van der Waals surface area contributed by atoms with Crippen molar-refractivity contribution in [3.8, 4) is 5.69 Å². The first-order valence-electron chi connectivity index (χ1n) is 7.23. The number of hydrogen-bond donors (Lipinski definition) is 2. The highest BCUT2D eigenvalue weighted by atomic mass is 32.2. The second-order valence-electron chi connectivity index (χ2n) is 4.99. The molecule has 0 radical (unpaired) electrons. The smallest absolute Gasteiger partial charge is 0.325 e. The Balaban J connectivity index is 1.64. The lowest BCUT2D eigenvalue weighted by Gasteiger charge is -2.06. The first-order chi connectivity index (χ1) is 11.2. The van der Waals surface area contributed by atoms with Crippen LogP contribution in [-0.4, -0.2) is 21.7 Å². The topological polar surface area (TPSA) is 61.7 Å². The highest BCUT2D eigenvalue weighted by Gasteiger charge is 2.18. The molecule has 1 heterocycles. The number of nitrogens with one attached hydrogen (secondary N) is 2. The molecule has 6 heteroatoms. The van der Waals surface area contributed by atoms with Crippen LogP contribution in [0.5, 0.6) is 0 Å². The number of H-pyrrole nitrogens is 1. The number of carbonyl (C=O) groups excluding carboxylic acids is 1. The Kier molecular flexibility index (Phi) is 4.73. The largest absolute Gasteiger partial charge is 0.385 e. The zero-order valence-corrected chi connectivity index (χ0v) is 13.5. The van der Waals surface area contributed by atoms with Crippen LogP contribution in [0, 0.1) is 6.92 Å². The number of anilines is 1. The summed E-state index contributed by atoms with van der Waals surface area (Å²) in [5.74, 6) is 0.248. The van der Waals surface area contributed by atoms with E-state index < -0.39 is 0 Å². The molecule has 116 valence electrons. The molecule has 2 N–H and O–H groups in total. The molecule has 0 aliphatic heterocycles. The van der Waals surface area contributed by atoms with Crippen molar-refractivity contribution in [2.24, 2.45) is 0 Å². The number of benzene rings is 2. The van der Waals surface area contributed by atoms with Crippen molar-refractivity contribution in [1.29, 1.82) is 0 Å². The van der Waals surface area contributed by atoms with Gasteiger partial charge in [-0.2, -0.15) is 5.10 Å². The van der Waals surface area contributed by atoms with E-state index in [0.717, 1.165) is 22.1 Å². The van der Waals surface area contributed by atoms with Gasteiger partial charge >= 0.3 is 5.16 Å². The number of rotatable bonds is 5. The zero-order chi connectivity index (χ0) is 16.1. The van der Waals surface area contributed by atoms with Crippen molar-refractivity contribution in [2.75, 3.05) is 11.1 Å². The lowest BCUT2D eigenvalue weighted by atomic mass is 10.2. The zero-order valence-electron chi connectivity index (χ0n) is 12.7. The van der Waals surface area contributed by atoms with Crippen LogP contribution in [0.15, 0.2) is 66.1 Å². The molecule has 0 saturated carbocycles. The van der Waals surface area contributed by atoms with Crippen LogP contribution in [-0.2, 0) is 4.79 Å². The number of para-hydroxylation sites is 2. The summed E-state index contributed by atoms with van der Waals surface area (Å²) in [6, 6.07) is 17.6. The molecule has 1 amide bonds. The van der Waals surface area contributed by atoms with Crippen LogP contribution in [0.3, 0.4) is 0 Å². The third-order valence-electron chi connectivity index (χ3n) is 3.32. The molecule has 23 heavy (non-hydrogen) atoms. The number of aryl methyl sites for hydroxylation is 1. The van der Waals surface area contributed by atoms with E-state index in [1.54, 1.807) is 6.33 Å². The van der Waals surface area contributed by atoms with Crippen LogP contribution in [0.4, 0.5) is 5.69 Å². The molecule has 2 aromatic carbocycles. The maximum Gasteiger partial charge on any atom is 0.385 e. The van der Waals surface area contributed by atoms with Crippen LogP contribution in [0.1, 0.15) is 5.56 Å². The number of carbonyl (C=O) groups is 1. The summed E-state index contributed by atoms with van der Waals surface area (Å²) in [6.07, 6.45) is 1.62. The number of aromatic nitrogens is 3. The second kappa shape index (κ2) is 7.11. The van der Waals surface area contributed by atoms with Gasteiger partial charge in [-0.05, 0) is 47.4 Å². The summed E-state index contributed by atoms with van der Waals surface area (Å²) < 4.78 is 1.85. The normalized spacial score (nSPS) is 10.5. The summed E-state index contributed by atoms with van der Waals surface area (Å²) in [7, 11) is 0. The summed E-state index contributed by atoms with van der Waals surface area (Å²) in [5.41, 5.74) is 2.87. The summed E-state index contributed by atoms with van der Waals surface area (Å²) in [6.45, 7) is 1.97. The van der Waals surface area contributed by atoms with Gasteiger partial charge in [0.2, 0.25) is 12.2 Å². The highest BCUT2D eigenvalue weighted by molar-refractivity contribution is 7.99. The molecule has 0 fully saturated rings. The molecule has 0 bridgehead atoms. The van der Waals surface area contributed by atoms with E-state index >= 15 is 0 Å². The van der Waals surface area contributed by atoms with E-state index in [-0.39, 0.29) is 5.91 Å². The Morgan fingerprint density at radius 3 is 2.70 bits per heavy atom. The number of amides is 1. The molecular weight excluding hydrogens is 308 g/mol. The Bertz CT molecular complexity index is 801. The lowest BCUT2D eigenvalue weighted by Crippen LogP contribution is -2.35. The van der Waals surface area contributed by atoms with Gasteiger partial charge in [-0.1, -0.05) is 36.4 Å². The average molecular weight is 325 g/mol. The van der Waals surface area contributed by atoms with E-state index in [1.165, 1.54) is 11.8 Å². The molecule has 1 aromatic heterocycles. The fourth-order valence-corrected chi connectivity index (χ4v) is 2.89. The number of hydrogen-bond acceptors (Lipinski definition) is 3. The third-order valence-corrected chi connectivity index (χ3v) is 4.27. The van der Waals surface area contributed by atoms with Crippen LogP contribution in [0.2, 0.25) is 0 Å². The molecule has 0 aliphatic rings. The van der Waals surface area contributed by atoms with Crippen molar-refractivity contribution in [3.05, 3.63) is 66.5 Å². The minimum atomic E-state index is -0.0492. The Labute approximate surface area is 138 Å². The van der Waals surface area contributed by atoms with E-state index in [0.29, 0.717) is 5.75 Å². The number of aromatic amines is 1. The van der Waals surface area contributed by atoms with Crippen LogP contribution < -0.4 is 10.00 Å². The highest BCUT2D eigenvalue weighted by Crippen LogP contribution is 2.16. The van der Waals surface area contributed by atoms with Gasteiger partial charge in [-0.15, -0.1) is 4.68 Å². The SMILES string of the molecule is Cc1ccccc1NC(=O)CSc1nc[nH][n+]1-c1ccccc1.